The van der Waals surface area contributed by atoms with Gasteiger partial charge in [0.2, 0.25) is 0 Å². The number of aliphatic hydroxyl groups is 5. The van der Waals surface area contributed by atoms with Crippen molar-refractivity contribution in [1.82, 2.24) is 0 Å². The van der Waals surface area contributed by atoms with Gasteiger partial charge in [0.25, 0.3) is 0 Å². The summed E-state index contributed by atoms with van der Waals surface area (Å²) in [5, 5.41) is 50.1. The lowest BCUT2D eigenvalue weighted by Crippen LogP contribution is -2.64. The molecule has 6 N–H and O–H groups in total. The minimum absolute atomic E-state index is 0.154. The molecule has 334 valence electrons. The Morgan fingerprint density at radius 1 is 0.561 bits per heavy atom. The number of phosphoric ester groups is 1. The molecule has 0 radical (unpaired) electrons. The van der Waals surface area contributed by atoms with Gasteiger partial charge < -0.3 is 39.9 Å². The number of hydrogen-bond acceptors (Lipinski definition) is 11. The van der Waals surface area contributed by atoms with E-state index >= 15 is 0 Å². The van der Waals surface area contributed by atoms with E-state index in [9.17, 15) is 39.8 Å². The van der Waals surface area contributed by atoms with Crippen LogP contribution in [-0.4, -0.2) is 92.3 Å². The van der Waals surface area contributed by atoms with Crippen LogP contribution in [0.3, 0.4) is 0 Å². The highest BCUT2D eigenvalue weighted by atomic mass is 31.2. The third-order valence-corrected chi connectivity index (χ3v) is 11.3. The molecule has 57 heavy (non-hydrogen) atoms. The molecule has 8 atom stereocenters. The predicted molar refractivity (Wildman–Crippen MR) is 225 cm³/mol. The number of rotatable bonds is 37. The molecule has 0 spiro atoms. The molecule has 1 rings (SSSR count). The smallest absolute Gasteiger partial charge is 0.472 e. The quantitative estimate of drug-likeness (QED) is 0.0115. The van der Waals surface area contributed by atoms with Gasteiger partial charge in [0.05, 0.1) is 12.9 Å². The van der Waals surface area contributed by atoms with Crippen LogP contribution in [0.1, 0.15) is 181 Å². The van der Waals surface area contributed by atoms with Gasteiger partial charge in [-0.25, -0.2) is 4.57 Å². The zero-order valence-corrected chi connectivity index (χ0v) is 36.3. The third kappa shape index (κ3) is 27.7. The maximum atomic E-state index is 12.8. The monoisotopic (exact) mass is 833 g/mol. The summed E-state index contributed by atoms with van der Waals surface area (Å²) in [7, 11) is -5.03. The zero-order valence-electron chi connectivity index (χ0n) is 35.4. The van der Waals surface area contributed by atoms with Crippen molar-refractivity contribution in [2.24, 2.45) is 0 Å². The van der Waals surface area contributed by atoms with Gasteiger partial charge in [-0.05, 0) is 51.0 Å². The number of esters is 1. The van der Waals surface area contributed by atoms with Crippen LogP contribution >= 0.6 is 7.82 Å². The molecule has 1 aliphatic rings. The topological polar surface area (TPSA) is 192 Å². The van der Waals surface area contributed by atoms with Crippen molar-refractivity contribution < 1.29 is 58.3 Å². The van der Waals surface area contributed by atoms with Gasteiger partial charge in [-0.2, -0.15) is 0 Å². The molecule has 12 nitrogen and oxygen atoms in total. The van der Waals surface area contributed by atoms with Gasteiger partial charge in [0.15, 0.2) is 6.10 Å². The second-order valence-corrected chi connectivity index (χ2v) is 17.0. The number of ether oxygens (including phenoxy) is 2. The first-order chi connectivity index (χ1) is 27.5. The molecular weight excluding hydrogens is 751 g/mol. The number of allylic oxidation sites excluding steroid dienone is 5. The summed E-state index contributed by atoms with van der Waals surface area (Å²) in [6.07, 6.45) is 28.7. The van der Waals surface area contributed by atoms with Crippen molar-refractivity contribution in [1.29, 1.82) is 0 Å². The van der Waals surface area contributed by atoms with Crippen LogP contribution in [0.2, 0.25) is 0 Å². The van der Waals surface area contributed by atoms with E-state index in [1.54, 1.807) is 0 Å². The van der Waals surface area contributed by atoms with Gasteiger partial charge in [0.1, 0.15) is 43.2 Å². The summed E-state index contributed by atoms with van der Waals surface area (Å²) >= 11 is 0. The highest BCUT2D eigenvalue weighted by Gasteiger charge is 2.51. The highest BCUT2D eigenvalue weighted by molar-refractivity contribution is 7.47. The minimum atomic E-state index is -5.03. The Hall–Kier alpha value is -1.60. The van der Waals surface area contributed by atoms with Gasteiger partial charge >= 0.3 is 13.8 Å². The molecule has 0 bridgehead atoms. The van der Waals surface area contributed by atoms with E-state index in [0.717, 1.165) is 64.2 Å². The van der Waals surface area contributed by atoms with Gasteiger partial charge in [-0.1, -0.05) is 154 Å². The summed E-state index contributed by atoms with van der Waals surface area (Å²) in [5.41, 5.74) is 0. The van der Waals surface area contributed by atoms with Crippen molar-refractivity contribution in [2.45, 2.75) is 224 Å². The Balaban J connectivity index is 2.45. The Morgan fingerprint density at radius 3 is 1.53 bits per heavy atom. The Kier molecular flexibility index (Phi) is 33.0. The fourth-order valence-electron chi connectivity index (χ4n) is 6.69. The van der Waals surface area contributed by atoms with Gasteiger partial charge in [0, 0.05) is 6.42 Å². The van der Waals surface area contributed by atoms with E-state index in [1.165, 1.54) is 96.2 Å². The lowest BCUT2D eigenvalue weighted by molar-refractivity contribution is -0.220. The fourth-order valence-corrected chi connectivity index (χ4v) is 7.66. The summed E-state index contributed by atoms with van der Waals surface area (Å²) in [4.78, 5) is 23.1. The molecule has 13 heteroatoms. The molecule has 0 aliphatic heterocycles. The standard InChI is InChI=1S/C44H81O12P/c1-3-5-7-9-11-13-15-17-19-20-22-24-26-28-30-32-34-53-35-37(36-54-57(51,52)56-44-42(49)40(47)39(46)41(48)43(44)50)55-38(45)33-31-29-27-25-23-21-18-16-14-12-10-8-6-4-2/h10,12,16,18,32,34,37,39-44,46-50H,3-9,11,13-15,17,19-31,33,35-36H2,1-2H3,(H,51,52)/b12-10-,18-16-,34-32-/t37-,39?,40-,41?,42?,43?,44?/m1/s1. The maximum Gasteiger partial charge on any atom is 0.472 e. The Labute approximate surface area is 344 Å². The van der Waals surface area contributed by atoms with E-state index < -0.39 is 63.1 Å². The number of unbranched alkanes of at least 4 members (excludes halogenated alkanes) is 21. The van der Waals surface area contributed by atoms with Crippen LogP contribution in [-0.2, 0) is 27.9 Å². The van der Waals surface area contributed by atoms with Crippen LogP contribution < -0.4 is 0 Å². The van der Waals surface area contributed by atoms with Crippen LogP contribution in [0.4, 0.5) is 0 Å². The molecule has 0 aromatic carbocycles. The van der Waals surface area contributed by atoms with E-state index in [0.29, 0.717) is 6.42 Å². The van der Waals surface area contributed by atoms with Crippen LogP contribution in [0.15, 0.2) is 36.6 Å². The average molecular weight is 833 g/mol. The first kappa shape index (κ1) is 53.4. The molecule has 0 heterocycles. The zero-order chi connectivity index (χ0) is 42.0. The third-order valence-electron chi connectivity index (χ3n) is 10.3. The summed E-state index contributed by atoms with van der Waals surface area (Å²) < 4.78 is 33.9. The van der Waals surface area contributed by atoms with Crippen molar-refractivity contribution in [3.8, 4) is 0 Å². The second-order valence-electron chi connectivity index (χ2n) is 15.6. The van der Waals surface area contributed by atoms with E-state index in [2.05, 4.69) is 38.2 Å². The highest BCUT2D eigenvalue weighted by Crippen LogP contribution is 2.47. The normalized spacial score (nSPS) is 23.1. The number of carbonyl (C=O) groups is 1. The molecule has 6 unspecified atom stereocenters. The van der Waals surface area contributed by atoms with Crippen molar-refractivity contribution in [3.05, 3.63) is 36.6 Å². The van der Waals surface area contributed by atoms with E-state index in [1.807, 2.05) is 6.08 Å². The molecular formula is C44H81O12P. The van der Waals surface area contributed by atoms with Crippen LogP contribution in [0, 0.1) is 0 Å². The largest absolute Gasteiger partial charge is 0.498 e. The Bertz CT molecular complexity index is 1090. The van der Waals surface area contributed by atoms with Gasteiger partial charge in [-0.3, -0.25) is 13.8 Å². The van der Waals surface area contributed by atoms with Crippen LogP contribution in [0.25, 0.3) is 0 Å². The lowest BCUT2D eigenvalue weighted by Gasteiger charge is -2.41. The summed E-state index contributed by atoms with van der Waals surface area (Å²) in [6, 6.07) is 0. The average Bonchev–Trinajstić information content (AvgIpc) is 3.19. The molecule has 0 amide bonds. The second kappa shape index (κ2) is 35.2. The first-order valence-corrected chi connectivity index (χ1v) is 23.9. The predicted octanol–water partition coefficient (Wildman–Crippen LogP) is 9.04. The SMILES string of the molecule is CCCC/C=C\C/C=C\CCCCCCCC(=O)O[C@H](CO/C=C\CCCCCCCCCCCCCCCC)COP(=O)(O)OC1C(O)C(O)C(O)[C@@H](O)C1O. The van der Waals surface area contributed by atoms with Crippen molar-refractivity contribution >= 4 is 13.8 Å². The first-order valence-electron chi connectivity index (χ1n) is 22.4. The Morgan fingerprint density at radius 2 is 1.00 bits per heavy atom. The van der Waals surface area contributed by atoms with Gasteiger partial charge in [-0.15, -0.1) is 0 Å². The molecule has 1 fully saturated rings. The molecule has 0 aromatic heterocycles. The number of aliphatic hydroxyl groups excluding tert-OH is 5. The van der Waals surface area contributed by atoms with E-state index in [-0.39, 0.29) is 13.0 Å². The van der Waals surface area contributed by atoms with Crippen molar-refractivity contribution in [2.75, 3.05) is 13.2 Å². The fraction of sp³-hybridized carbons (Fsp3) is 0.841. The van der Waals surface area contributed by atoms with E-state index in [4.69, 9.17) is 18.5 Å². The summed E-state index contributed by atoms with van der Waals surface area (Å²) in [6.45, 7) is 3.67. The molecule has 0 saturated heterocycles. The molecule has 0 aromatic rings. The molecule has 1 aliphatic carbocycles. The van der Waals surface area contributed by atoms with Crippen LogP contribution in [0.5, 0.6) is 0 Å². The van der Waals surface area contributed by atoms with Crippen molar-refractivity contribution in [3.63, 3.8) is 0 Å². The number of hydrogen-bond donors (Lipinski definition) is 6. The summed E-state index contributed by atoms with van der Waals surface area (Å²) in [5.74, 6) is -0.513. The number of carbonyl (C=O) groups excluding carboxylic acids is 1. The maximum absolute atomic E-state index is 12.8. The lowest BCUT2D eigenvalue weighted by atomic mass is 9.85. The number of phosphoric acid groups is 1. The minimum Gasteiger partial charge on any atom is -0.498 e. The molecule has 1 saturated carbocycles.